The lowest BCUT2D eigenvalue weighted by molar-refractivity contribution is -0.137. The molecule has 0 unspecified atom stereocenters. The molecule has 0 spiro atoms. The predicted molar refractivity (Wildman–Crippen MR) is 122 cm³/mol. The molecule has 0 radical (unpaired) electrons. The van der Waals surface area contributed by atoms with Gasteiger partial charge in [-0.3, -0.25) is 0 Å². The number of alkyl halides is 3. The highest BCUT2D eigenvalue weighted by Crippen LogP contribution is 2.37. The van der Waals surface area contributed by atoms with E-state index in [1.807, 2.05) is 37.3 Å². The molecular formula is C26H27F3N2. The molecule has 0 aliphatic rings. The first kappa shape index (κ1) is 22.6. The molecule has 5 heteroatoms. The van der Waals surface area contributed by atoms with Crippen LogP contribution in [-0.4, -0.2) is 24.8 Å². The molecule has 0 aliphatic carbocycles. The minimum Gasteiger partial charge on any atom is -0.366 e. The lowest BCUT2D eigenvalue weighted by Gasteiger charge is -2.14. The Hall–Kier alpha value is -3.08. The summed E-state index contributed by atoms with van der Waals surface area (Å²) in [6.45, 7) is 7.06. The minimum absolute atomic E-state index is 0.202. The van der Waals surface area contributed by atoms with Crippen molar-refractivity contribution in [1.29, 1.82) is 0 Å². The highest BCUT2D eigenvalue weighted by Gasteiger charge is 2.33. The van der Waals surface area contributed by atoms with E-state index in [0.29, 0.717) is 12.0 Å². The number of halogens is 3. The van der Waals surface area contributed by atoms with Crippen LogP contribution in [0.2, 0.25) is 0 Å². The molecule has 0 heterocycles. The molecule has 0 aliphatic heterocycles. The van der Waals surface area contributed by atoms with Crippen molar-refractivity contribution in [1.82, 2.24) is 4.90 Å². The molecule has 0 fully saturated rings. The molecule has 0 saturated carbocycles. The monoisotopic (exact) mass is 424 g/mol. The quantitative estimate of drug-likeness (QED) is 0.302. The van der Waals surface area contributed by atoms with Gasteiger partial charge in [-0.15, -0.1) is 0 Å². The number of hydrogen-bond donors (Lipinski definition) is 0. The molecule has 0 bridgehead atoms. The maximum absolute atomic E-state index is 13.3. The number of hydrogen-bond acceptors (Lipinski definition) is 1. The summed E-state index contributed by atoms with van der Waals surface area (Å²) in [5, 5.41) is 0. The van der Waals surface area contributed by atoms with Gasteiger partial charge in [0, 0.05) is 13.6 Å². The van der Waals surface area contributed by atoms with Crippen LogP contribution in [0.15, 0.2) is 65.7 Å². The van der Waals surface area contributed by atoms with E-state index in [-0.39, 0.29) is 5.56 Å². The zero-order valence-electron chi connectivity index (χ0n) is 18.3. The van der Waals surface area contributed by atoms with E-state index in [9.17, 15) is 13.2 Å². The Kier molecular flexibility index (Phi) is 6.84. The summed E-state index contributed by atoms with van der Waals surface area (Å²) in [6.07, 6.45) is -1.83. The van der Waals surface area contributed by atoms with E-state index in [1.54, 1.807) is 18.2 Å². The van der Waals surface area contributed by atoms with Gasteiger partial charge in [-0.05, 0) is 72.7 Å². The summed E-state index contributed by atoms with van der Waals surface area (Å²) in [5.74, 6) is 0. The van der Waals surface area contributed by atoms with E-state index in [2.05, 4.69) is 31.0 Å². The predicted octanol–water partition coefficient (Wildman–Crippen LogP) is 7.19. The van der Waals surface area contributed by atoms with Crippen LogP contribution in [0.4, 0.5) is 18.9 Å². The standard InChI is InChI=1S/C26H27F3N2/c1-5-31(4)17-30-25-15-18(2)22(14-19(25)3)16-20-10-12-21(13-11-20)23-8-6-7-9-24(23)26(27,28)29/h6-15,17H,5,16H2,1-4H3/b30-17-. The molecule has 162 valence electrons. The van der Waals surface area contributed by atoms with E-state index in [1.165, 1.54) is 17.7 Å². The third-order valence-electron chi connectivity index (χ3n) is 5.44. The van der Waals surface area contributed by atoms with E-state index < -0.39 is 11.7 Å². The number of rotatable bonds is 6. The van der Waals surface area contributed by atoms with Gasteiger partial charge >= 0.3 is 6.18 Å². The Morgan fingerprint density at radius 3 is 2.26 bits per heavy atom. The van der Waals surface area contributed by atoms with Crippen LogP contribution in [0.5, 0.6) is 0 Å². The summed E-state index contributed by atoms with van der Waals surface area (Å²) < 4.78 is 40.0. The van der Waals surface area contributed by atoms with Crippen LogP contribution in [0, 0.1) is 13.8 Å². The van der Waals surface area contributed by atoms with Crippen LogP contribution >= 0.6 is 0 Å². The number of nitrogens with zero attached hydrogens (tertiary/aromatic N) is 2. The van der Waals surface area contributed by atoms with E-state index in [4.69, 9.17) is 0 Å². The van der Waals surface area contributed by atoms with Crippen molar-refractivity contribution < 1.29 is 13.2 Å². The second-order valence-electron chi connectivity index (χ2n) is 7.80. The van der Waals surface area contributed by atoms with Crippen LogP contribution in [0.1, 0.15) is 34.7 Å². The molecule has 31 heavy (non-hydrogen) atoms. The van der Waals surface area contributed by atoms with Crippen molar-refractivity contribution in [2.24, 2.45) is 4.99 Å². The highest BCUT2D eigenvalue weighted by molar-refractivity contribution is 5.68. The summed E-state index contributed by atoms with van der Waals surface area (Å²) in [5.41, 5.74) is 5.57. The van der Waals surface area contributed by atoms with Gasteiger partial charge in [0.15, 0.2) is 0 Å². The van der Waals surface area contributed by atoms with Gasteiger partial charge < -0.3 is 4.90 Å². The van der Waals surface area contributed by atoms with Gasteiger partial charge in [-0.25, -0.2) is 4.99 Å². The largest absolute Gasteiger partial charge is 0.417 e. The molecule has 0 aromatic heterocycles. The lowest BCUT2D eigenvalue weighted by atomic mass is 9.95. The second kappa shape index (κ2) is 9.38. The van der Waals surface area contributed by atoms with Crippen molar-refractivity contribution in [2.45, 2.75) is 33.4 Å². The van der Waals surface area contributed by atoms with Crippen molar-refractivity contribution in [2.75, 3.05) is 13.6 Å². The first-order valence-corrected chi connectivity index (χ1v) is 10.3. The molecular weight excluding hydrogens is 397 g/mol. The molecule has 0 N–H and O–H groups in total. The Labute approximate surface area is 182 Å². The Morgan fingerprint density at radius 2 is 1.61 bits per heavy atom. The van der Waals surface area contributed by atoms with Crippen LogP contribution in [0.25, 0.3) is 11.1 Å². The van der Waals surface area contributed by atoms with Crippen LogP contribution < -0.4 is 0 Å². The first-order chi connectivity index (χ1) is 14.7. The number of benzene rings is 3. The molecule has 3 aromatic carbocycles. The van der Waals surface area contributed by atoms with Crippen molar-refractivity contribution in [3.8, 4) is 11.1 Å². The van der Waals surface area contributed by atoms with Gasteiger partial charge in [0.2, 0.25) is 0 Å². The summed E-state index contributed by atoms with van der Waals surface area (Å²) in [4.78, 5) is 6.58. The van der Waals surface area contributed by atoms with Gasteiger partial charge in [0.25, 0.3) is 0 Å². The number of aryl methyl sites for hydroxylation is 2. The Balaban J connectivity index is 1.83. The zero-order valence-corrected chi connectivity index (χ0v) is 18.3. The van der Waals surface area contributed by atoms with Crippen molar-refractivity contribution >= 4 is 12.0 Å². The maximum atomic E-state index is 13.3. The van der Waals surface area contributed by atoms with Gasteiger partial charge in [0.05, 0.1) is 17.6 Å². The first-order valence-electron chi connectivity index (χ1n) is 10.3. The summed E-state index contributed by atoms with van der Waals surface area (Å²) in [6, 6.07) is 17.2. The number of aliphatic imine (C=N–C) groups is 1. The van der Waals surface area contributed by atoms with Gasteiger partial charge in [-0.1, -0.05) is 48.5 Å². The van der Waals surface area contributed by atoms with Gasteiger partial charge in [0.1, 0.15) is 0 Å². The fourth-order valence-electron chi connectivity index (χ4n) is 3.44. The third-order valence-corrected chi connectivity index (χ3v) is 5.44. The van der Waals surface area contributed by atoms with E-state index in [0.717, 1.165) is 35.0 Å². The lowest BCUT2D eigenvalue weighted by Crippen LogP contribution is -2.14. The Morgan fingerprint density at radius 1 is 0.935 bits per heavy atom. The second-order valence-corrected chi connectivity index (χ2v) is 7.80. The average molecular weight is 425 g/mol. The van der Waals surface area contributed by atoms with E-state index >= 15 is 0 Å². The summed E-state index contributed by atoms with van der Waals surface area (Å²) in [7, 11) is 1.98. The molecule has 0 saturated heterocycles. The fourth-order valence-corrected chi connectivity index (χ4v) is 3.44. The van der Waals surface area contributed by atoms with Crippen LogP contribution in [0.3, 0.4) is 0 Å². The SMILES string of the molecule is CCN(C)/C=N\c1cc(C)c(Cc2ccc(-c3ccccc3C(F)(F)F)cc2)cc1C. The zero-order chi connectivity index (χ0) is 22.6. The normalized spacial score (nSPS) is 11.8. The third kappa shape index (κ3) is 5.54. The van der Waals surface area contributed by atoms with Crippen molar-refractivity contribution in [3.63, 3.8) is 0 Å². The molecule has 0 atom stereocenters. The summed E-state index contributed by atoms with van der Waals surface area (Å²) >= 11 is 0. The highest BCUT2D eigenvalue weighted by atomic mass is 19.4. The molecule has 3 rings (SSSR count). The van der Waals surface area contributed by atoms with Gasteiger partial charge in [-0.2, -0.15) is 13.2 Å². The average Bonchev–Trinajstić information content (AvgIpc) is 2.74. The molecule has 0 amide bonds. The maximum Gasteiger partial charge on any atom is 0.417 e. The topological polar surface area (TPSA) is 15.6 Å². The minimum atomic E-state index is -4.37. The smallest absolute Gasteiger partial charge is 0.366 e. The van der Waals surface area contributed by atoms with Crippen molar-refractivity contribution in [3.05, 3.63) is 88.5 Å². The fraction of sp³-hybridized carbons (Fsp3) is 0.269. The Bertz CT molecular complexity index is 1070. The molecule has 2 nitrogen and oxygen atoms in total. The van der Waals surface area contributed by atoms with Crippen LogP contribution in [-0.2, 0) is 12.6 Å². The molecule has 3 aromatic rings.